The highest BCUT2D eigenvalue weighted by Gasteiger charge is 2.35. The molecule has 2 aliphatic rings. The van der Waals surface area contributed by atoms with Crippen LogP contribution in [0.15, 0.2) is 65.6 Å². The van der Waals surface area contributed by atoms with Crippen LogP contribution in [-0.4, -0.2) is 40.2 Å². The predicted octanol–water partition coefficient (Wildman–Crippen LogP) is 4.99. The maximum Gasteiger partial charge on any atom is 0.147 e. The predicted molar refractivity (Wildman–Crippen MR) is 125 cm³/mol. The molecule has 2 aliphatic heterocycles. The minimum Gasteiger partial charge on any atom is -0.495 e. The fourth-order valence-electron chi connectivity index (χ4n) is 4.43. The van der Waals surface area contributed by atoms with E-state index in [1.54, 1.807) is 13.4 Å². The van der Waals surface area contributed by atoms with Gasteiger partial charge in [0.25, 0.3) is 0 Å². The number of imidazole rings is 1. The van der Waals surface area contributed by atoms with Crippen LogP contribution in [0.1, 0.15) is 31.0 Å². The Kier molecular flexibility index (Phi) is 5.17. The van der Waals surface area contributed by atoms with Crippen molar-refractivity contribution in [1.82, 2.24) is 14.6 Å². The molecule has 1 aromatic heterocycles. The van der Waals surface area contributed by atoms with E-state index in [1.807, 2.05) is 35.9 Å². The summed E-state index contributed by atoms with van der Waals surface area (Å²) in [4.78, 5) is 9.26. The standard InChI is InChI=1S/C25H26FN5O/c1-17-15-29(16-27-17)23-11-6-19(14-24(23)32-3)13-20-5-4-12-30-25(20)28-18(2)31(30)22-9-7-21(26)8-10-22/h6-11,13-16,18H,4-5,12H2,1-3H3/b20-13-. The molecule has 6 nitrogen and oxygen atoms in total. The van der Waals surface area contributed by atoms with E-state index in [0.29, 0.717) is 0 Å². The van der Waals surface area contributed by atoms with Crippen LogP contribution >= 0.6 is 0 Å². The lowest BCUT2D eigenvalue weighted by Gasteiger charge is -2.37. The molecule has 2 aromatic carbocycles. The molecule has 1 atom stereocenters. The molecule has 0 radical (unpaired) electrons. The second kappa shape index (κ2) is 8.15. The van der Waals surface area contributed by atoms with E-state index in [1.165, 1.54) is 17.7 Å². The molecule has 0 amide bonds. The zero-order chi connectivity index (χ0) is 22.2. The van der Waals surface area contributed by atoms with Crippen LogP contribution in [0.5, 0.6) is 5.75 Å². The Bertz CT molecular complexity index is 1200. The summed E-state index contributed by atoms with van der Waals surface area (Å²) in [6.45, 7) is 4.92. The molecule has 3 heterocycles. The number of hydrogen-bond acceptors (Lipinski definition) is 5. The molecule has 5 rings (SSSR count). The summed E-state index contributed by atoms with van der Waals surface area (Å²) in [6.07, 6.45) is 7.91. The van der Waals surface area contributed by atoms with E-state index < -0.39 is 0 Å². The van der Waals surface area contributed by atoms with Crippen molar-refractivity contribution in [1.29, 1.82) is 0 Å². The first-order chi connectivity index (χ1) is 15.5. The van der Waals surface area contributed by atoms with E-state index in [4.69, 9.17) is 9.73 Å². The van der Waals surface area contributed by atoms with Crippen molar-refractivity contribution in [2.24, 2.45) is 4.99 Å². The summed E-state index contributed by atoms with van der Waals surface area (Å²) >= 11 is 0. The van der Waals surface area contributed by atoms with Gasteiger partial charge in [0, 0.05) is 12.7 Å². The lowest BCUT2D eigenvalue weighted by Crippen LogP contribution is -2.47. The minimum absolute atomic E-state index is 0.0432. The Morgan fingerprint density at radius 3 is 2.69 bits per heavy atom. The van der Waals surface area contributed by atoms with Gasteiger partial charge in [-0.25, -0.2) is 14.4 Å². The van der Waals surface area contributed by atoms with Gasteiger partial charge in [0.2, 0.25) is 0 Å². The number of halogens is 1. The quantitative estimate of drug-likeness (QED) is 0.584. The second-order valence-corrected chi connectivity index (χ2v) is 8.16. The highest BCUT2D eigenvalue weighted by atomic mass is 19.1. The summed E-state index contributed by atoms with van der Waals surface area (Å²) in [7, 11) is 1.69. The molecule has 0 spiro atoms. The highest BCUT2D eigenvalue weighted by Crippen LogP contribution is 2.33. The minimum atomic E-state index is -0.232. The number of aromatic nitrogens is 2. The fraction of sp³-hybridized carbons (Fsp3) is 0.280. The Labute approximate surface area is 187 Å². The van der Waals surface area contributed by atoms with E-state index in [9.17, 15) is 4.39 Å². The van der Waals surface area contributed by atoms with Gasteiger partial charge in [-0.15, -0.1) is 0 Å². The van der Waals surface area contributed by atoms with Gasteiger partial charge in [0.1, 0.15) is 23.6 Å². The smallest absolute Gasteiger partial charge is 0.147 e. The van der Waals surface area contributed by atoms with E-state index in [-0.39, 0.29) is 12.0 Å². The third-order valence-corrected chi connectivity index (χ3v) is 5.90. The maximum atomic E-state index is 13.4. The number of methoxy groups -OCH3 is 1. The number of aryl methyl sites for hydroxylation is 1. The summed E-state index contributed by atoms with van der Waals surface area (Å²) in [5.41, 5.74) is 5.12. The average molecular weight is 432 g/mol. The van der Waals surface area contributed by atoms with Gasteiger partial charge < -0.3 is 9.30 Å². The molecular formula is C25H26FN5O. The first kappa shape index (κ1) is 20.3. The number of ether oxygens (including phenoxy) is 1. The number of piperidine rings is 1. The van der Waals surface area contributed by atoms with Crippen LogP contribution in [0.2, 0.25) is 0 Å². The number of fused-ring (bicyclic) bond motifs is 1. The Morgan fingerprint density at radius 1 is 1.16 bits per heavy atom. The summed E-state index contributed by atoms with van der Waals surface area (Å²) in [6, 6.07) is 12.8. The molecule has 1 fully saturated rings. The molecule has 0 aliphatic carbocycles. The van der Waals surface area contributed by atoms with Crippen molar-refractivity contribution in [3.63, 3.8) is 0 Å². The van der Waals surface area contributed by atoms with Crippen LogP contribution in [0.4, 0.5) is 10.1 Å². The van der Waals surface area contributed by atoms with Gasteiger partial charge >= 0.3 is 0 Å². The first-order valence-electron chi connectivity index (χ1n) is 10.8. The maximum absolute atomic E-state index is 13.4. The number of rotatable bonds is 4. The number of hydrazine groups is 1. The van der Waals surface area contributed by atoms with Crippen LogP contribution in [0.25, 0.3) is 11.8 Å². The van der Waals surface area contributed by atoms with Gasteiger partial charge in [-0.3, -0.25) is 10.0 Å². The molecule has 0 N–H and O–H groups in total. The molecule has 7 heteroatoms. The summed E-state index contributed by atoms with van der Waals surface area (Å²) in [5, 5.41) is 4.36. The van der Waals surface area contributed by atoms with Gasteiger partial charge in [-0.2, -0.15) is 0 Å². The van der Waals surface area contributed by atoms with Gasteiger partial charge in [-0.1, -0.05) is 6.07 Å². The molecule has 0 bridgehead atoms. The number of hydrogen-bond donors (Lipinski definition) is 0. The number of aliphatic imine (C=N–C) groups is 1. The van der Waals surface area contributed by atoms with Gasteiger partial charge in [0.05, 0.1) is 30.5 Å². The SMILES string of the molecule is COc1cc(/C=C2/CCCN3C2=NC(C)N3c2ccc(F)cc2)ccc1-n1cnc(C)c1. The largest absolute Gasteiger partial charge is 0.495 e. The van der Waals surface area contributed by atoms with Crippen molar-refractivity contribution in [2.75, 3.05) is 18.7 Å². The lowest BCUT2D eigenvalue weighted by atomic mass is 10.0. The molecular weight excluding hydrogens is 405 g/mol. The third-order valence-electron chi connectivity index (χ3n) is 5.90. The van der Waals surface area contributed by atoms with Crippen molar-refractivity contribution in [3.8, 4) is 11.4 Å². The van der Waals surface area contributed by atoms with Crippen molar-refractivity contribution < 1.29 is 9.13 Å². The van der Waals surface area contributed by atoms with Crippen molar-refractivity contribution >= 4 is 17.6 Å². The molecule has 32 heavy (non-hydrogen) atoms. The average Bonchev–Trinajstić information content (AvgIpc) is 3.37. The zero-order valence-corrected chi connectivity index (χ0v) is 18.5. The van der Waals surface area contributed by atoms with E-state index in [0.717, 1.165) is 53.6 Å². The number of amidine groups is 1. The van der Waals surface area contributed by atoms with Crippen LogP contribution in [0, 0.1) is 12.7 Å². The fourth-order valence-corrected chi connectivity index (χ4v) is 4.43. The van der Waals surface area contributed by atoms with Crippen molar-refractivity contribution in [2.45, 2.75) is 32.9 Å². The molecule has 0 saturated carbocycles. The Balaban J connectivity index is 1.45. The second-order valence-electron chi connectivity index (χ2n) is 8.16. The van der Waals surface area contributed by atoms with Crippen LogP contribution < -0.4 is 9.75 Å². The monoisotopic (exact) mass is 431 g/mol. The van der Waals surface area contributed by atoms with Crippen LogP contribution in [-0.2, 0) is 0 Å². The van der Waals surface area contributed by atoms with Gasteiger partial charge in [0.15, 0.2) is 0 Å². The Hall–Kier alpha value is -3.61. The summed E-state index contributed by atoms with van der Waals surface area (Å²) in [5.74, 6) is 1.55. The lowest BCUT2D eigenvalue weighted by molar-refractivity contribution is 0.365. The molecule has 1 unspecified atom stereocenters. The number of anilines is 1. The van der Waals surface area contributed by atoms with E-state index >= 15 is 0 Å². The summed E-state index contributed by atoms with van der Waals surface area (Å²) < 4.78 is 21.1. The van der Waals surface area contributed by atoms with Crippen LogP contribution in [0.3, 0.4) is 0 Å². The van der Waals surface area contributed by atoms with E-state index in [2.05, 4.69) is 40.1 Å². The topological polar surface area (TPSA) is 45.9 Å². The number of nitrogens with zero attached hydrogens (tertiary/aromatic N) is 5. The normalized spacial score (nSPS) is 19.3. The number of benzene rings is 2. The highest BCUT2D eigenvalue weighted by molar-refractivity contribution is 6.05. The zero-order valence-electron chi connectivity index (χ0n) is 18.5. The molecule has 3 aromatic rings. The van der Waals surface area contributed by atoms with Crippen molar-refractivity contribution in [3.05, 3.63) is 77.6 Å². The van der Waals surface area contributed by atoms with Gasteiger partial charge in [-0.05, 0) is 80.3 Å². The molecule has 164 valence electrons. The molecule has 1 saturated heterocycles. The third kappa shape index (κ3) is 3.64. The Morgan fingerprint density at radius 2 is 1.97 bits per heavy atom. The first-order valence-corrected chi connectivity index (χ1v) is 10.8.